The summed E-state index contributed by atoms with van der Waals surface area (Å²) in [6.45, 7) is 1.58. The molecule has 58 valence electrons. The highest BCUT2D eigenvalue weighted by molar-refractivity contribution is 5.72. The van der Waals surface area contributed by atoms with Crippen LogP contribution in [-0.4, -0.2) is 5.90 Å². The minimum absolute atomic E-state index is 0.176. The molecule has 0 saturated carbocycles. The van der Waals surface area contributed by atoms with Crippen LogP contribution in [0, 0.1) is 5.41 Å². The molecule has 3 N–H and O–H groups in total. The SMILES string of the molecule is CC(=N)Oc1ccc(N)cc1. The molecule has 0 aliphatic rings. The molecule has 0 heterocycles. The standard InChI is InChI=1S/C8H10N2O/c1-6(9)11-8-4-2-7(10)3-5-8/h2-5,9H,10H2,1H3. The van der Waals surface area contributed by atoms with Crippen molar-refractivity contribution in [2.24, 2.45) is 0 Å². The van der Waals surface area contributed by atoms with Crippen LogP contribution in [-0.2, 0) is 0 Å². The van der Waals surface area contributed by atoms with Crippen molar-refractivity contribution in [3.05, 3.63) is 24.3 Å². The highest BCUT2D eigenvalue weighted by atomic mass is 16.5. The van der Waals surface area contributed by atoms with E-state index in [1.165, 1.54) is 0 Å². The molecule has 0 unspecified atom stereocenters. The highest BCUT2D eigenvalue weighted by Gasteiger charge is 1.92. The summed E-state index contributed by atoms with van der Waals surface area (Å²) in [7, 11) is 0. The quantitative estimate of drug-likeness (QED) is 0.363. The summed E-state index contributed by atoms with van der Waals surface area (Å²) in [6.07, 6.45) is 0. The van der Waals surface area contributed by atoms with E-state index in [1.54, 1.807) is 31.2 Å². The number of nitrogens with two attached hydrogens (primary N) is 1. The van der Waals surface area contributed by atoms with Gasteiger partial charge >= 0.3 is 0 Å². The first-order valence-electron chi connectivity index (χ1n) is 3.27. The Bertz CT molecular complexity index is 253. The Balaban J connectivity index is 2.74. The van der Waals surface area contributed by atoms with Crippen molar-refractivity contribution in [1.29, 1.82) is 5.41 Å². The maximum absolute atomic E-state index is 7.03. The number of nitrogen functional groups attached to an aromatic ring is 1. The zero-order valence-electron chi connectivity index (χ0n) is 6.29. The topological polar surface area (TPSA) is 59.1 Å². The second kappa shape index (κ2) is 3.05. The Morgan fingerprint density at radius 2 is 1.91 bits per heavy atom. The number of benzene rings is 1. The normalized spacial score (nSPS) is 9.18. The molecule has 0 amide bonds. The molecule has 0 bridgehead atoms. The molecule has 0 spiro atoms. The lowest BCUT2D eigenvalue weighted by atomic mass is 10.3. The molecule has 0 fully saturated rings. The zero-order valence-corrected chi connectivity index (χ0v) is 6.29. The maximum atomic E-state index is 7.03. The van der Waals surface area contributed by atoms with Gasteiger partial charge in [-0.2, -0.15) is 0 Å². The van der Waals surface area contributed by atoms with Gasteiger partial charge in [-0.25, -0.2) is 0 Å². The third-order valence-electron chi connectivity index (χ3n) is 1.15. The van der Waals surface area contributed by atoms with Gasteiger partial charge in [0.05, 0.1) is 0 Å². The minimum atomic E-state index is 0.176. The number of hydrogen-bond acceptors (Lipinski definition) is 3. The molecular formula is C8H10N2O. The van der Waals surface area contributed by atoms with Crippen molar-refractivity contribution < 1.29 is 4.74 Å². The second-order valence-corrected chi connectivity index (χ2v) is 2.23. The minimum Gasteiger partial charge on any atom is -0.444 e. The molecule has 0 atom stereocenters. The van der Waals surface area contributed by atoms with E-state index in [4.69, 9.17) is 15.9 Å². The third-order valence-corrected chi connectivity index (χ3v) is 1.15. The van der Waals surface area contributed by atoms with Crippen molar-refractivity contribution in [1.82, 2.24) is 0 Å². The van der Waals surface area contributed by atoms with Gasteiger partial charge in [-0.3, -0.25) is 5.41 Å². The van der Waals surface area contributed by atoms with E-state index in [-0.39, 0.29) is 5.90 Å². The first-order valence-corrected chi connectivity index (χ1v) is 3.27. The summed E-state index contributed by atoms with van der Waals surface area (Å²) >= 11 is 0. The first-order chi connectivity index (χ1) is 5.18. The van der Waals surface area contributed by atoms with Crippen LogP contribution >= 0.6 is 0 Å². The summed E-state index contributed by atoms with van der Waals surface area (Å²) in [5.74, 6) is 0.821. The van der Waals surface area contributed by atoms with Crippen LogP contribution in [0.25, 0.3) is 0 Å². The lowest BCUT2D eigenvalue weighted by Gasteiger charge is -2.01. The zero-order chi connectivity index (χ0) is 8.27. The van der Waals surface area contributed by atoms with Crippen molar-refractivity contribution in [2.45, 2.75) is 6.92 Å². The third kappa shape index (κ3) is 2.29. The molecule has 3 heteroatoms. The number of ether oxygens (including phenoxy) is 1. The largest absolute Gasteiger partial charge is 0.444 e. The fourth-order valence-corrected chi connectivity index (χ4v) is 0.713. The van der Waals surface area contributed by atoms with E-state index in [9.17, 15) is 0 Å². The van der Waals surface area contributed by atoms with E-state index in [1.807, 2.05) is 0 Å². The van der Waals surface area contributed by atoms with E-state index in [0.717, 1.165) is 0 Å². The Hall–Kier alpha value is -1.51. The van der Waals surface area contributed by atoms with Gasteiger partial charge in [-0.15, -0.1) is 0 Å². The summed E-state index contributed by atoms with van der Waals surface area (Å²) in [4.78, 5) is 0. The molecule has 1 aromatic rings. The van der Waals surface area contributed by atoms with Crippen LogP contribution in [0.4, 0.5) is 5.69 Å². The Labute approximate surface area is 65.3 Å². The summed E-state index contributed by atoms with van der Waals surface area (Å²) in [6, 6.07) is 6.93. The van der Waals surface area contributed by atoms with Crippen LogP contribution in [0.2, 0.25) is 0 Å². The molecule has 0 aliphatic carbocycles. The second-order valence-electron chi connectivity index (χ2n) is 2.23. The predicted octanol–water partition coefficient (Wildman–Crippen LogP) is 1.64. The highest BCUT2D eigenvalue weighted by Crippen LogP contribution is 2.12. The molecule has 1 aromatic carbocycles. The fraction of sp³-hybridized carbons (Fsp3) is 0.125. The predicted molar refractivity (Wildman–Crippen MR) is 44.9 cm³/mol. The number of rotatable bonds is 1. The van der Waals surface area contributed by atoms with Gasteiger partial charge < -0.3 is 10.5 Å². The smallest absolute Gasteiger partial charge is 0.184 e. The van der Waals surface area contributed by atoms with Crippen molar-refractivity contribution >= 4 is 11.6 Å². The summed E-state index contributed by atoms with van der Waals surface area (Å²) < 4.78 is 5.00. The van der Waals surface area contributed by atoms with Crippen LogP contribution in [0.1, 0.15) is 6.92 Å². The van der Waals surface area contributed by atoms with Crippen LogP contribution < -0.4 is 10.5 Å². The maximum Gasteiger partial charge on any atom is 0.184 e. The van der Waals surface area contributed by atoms with E-state index >= 15 is 0 Å². The molecule has 0 radical (unpaired) electrons. The van der Waals surface area contributed by atoms with Crippen molar-refractivity contribution in [3.63, 3.8) is 0 Å². The molecule has 0 aliphatic heterocycles. The lowest BCUT2D eigenvalue weighted by Crippen LogP contribution is -1.99. The Kier molecular flexibility index (Phi) is 2.11. The first kappa shape index (κ1) is 7.60. The lowest BCUT2D eigenvalue weighted by molar-refractivity contribution is 0.542. The van der Waals surface area contributed by atoms with Crippen LogP contribution in [0.15, 0.2) is 24.3 Å². The average Bonchev–Trinajstić information content (AvgIpc) is 1.93. The van der Waals surface area contributed by atoms with Gasteiger partial charge in [-0.1, -0.05) is 0 Å². The van der Waals surface area contributed by atoms with Gasteiger partial charge in [0.1, 0.15) is 5.75 Å². The van der Waals surface area contributed by atoms with Crippen molar-refractivity contribution in [3.8, 4) is 5.75 Å². The number of nitrogens with one attached hydrogen (secondary N) is 1. The molecule has 3 nitrogen and oxygen atoms in total. The van der Waals surface area contributed by atoms with Crippen LogP contribution in [0.3, 0.4) is 0 Å². The fourth-order valence-electron chi connectivity index (χ4n) is 0.713. The van der Waals surface area contributed by atoms with E-state index in [0.29, 0.717) is 11.4 Å². The van der Waals surface area contributed by atoms with Gasteiger partial charge in [0, 0.05) is 12.6 Å². The monoisotopic (exact) mass is 150 g/mol. The van der Waals surface area contributed by atoms with E-state index in [2.05, 4.69) is 0 Å². The number of hydrogen-bond donors (Lipinski definition) is 2. The van der Waals surface area contributed by atoms with Gasteiger partial charge in [0.25, 0.3) is 0 Å². The summed E-state index contributed by atoms with van der Waals surface area (Å²) in [5.41, 5.74) is 6.14. The Morgan fingerprint density at radius 3 is 2.36 bits per heavy atom. The average molecular weight is 150 g/mol. The molecule has 0 saturated heterocycles. The van der Waals surface area contributed by atoms with Crippen molar-refractivity contribution in [2.75, 3.05) is 5.73 Å². The molecule has 11 heavy (non-hydrogen) atoms. The van der Waals surface area contributed by atoms with Crippen LogP contribution in [0.5, 0.6) is 5.75 Å². The Morgan fingerprint density at radius 1 is 1.36 bits per heavy atom. The van der Waals surface area contributed by atoms with Gasteiger partial charge in [-0.05, 0) is 24.3 Å². The molecule has 1 rings (SSSR count). The molecule has 0 aromatic heterocycles. The molecular weight excluding hydrogens is 140 g/mol. The van der Waals surface area contributed by atoms with Gasteiger partial charge in [0.2, 0.25) is 0 Å². The van der Waals surface area contributed by atoms with Gasteiger partial charge in [0.15, 0.2) is 5.90 Å². The number of anilines is 1. The van der Waals surface area contributed by atoms with E-state index < -0.39 is 0 Å². The summed E-state index contributed by atoms with van der Waals surface area (Å²) in [5, 5.41) is 7.03.